The molecule has 0 radical (unpaired) electrons. The van der Waals surface area contributed by atoms with Crippen molar-refractivity contribution in [3.8, 4) is 0 Å². The van der Waals surface area contributed by atoms with Crippen molar-refractivity contribution in [3.05, 3.63) is 0 Å². The molecule has 21 heavy (non-hydrogen) atoms. The molecule has 0 saturated heterocycles. The van der Waals surface area contributed by atoms with Crippen LogP contribution in [0, 0.1) is 0 Å². The molecule has 0 fully saturated rings. The molecule has 0 saturated carbocycles. The lowest BCUT2D eigenvalue weighted by atomic mass is 10.3. The minimum atomic E-state index is -1.19. The van der Waals surface area contributed by atoms with E-state index in [1.165, 1.54) is 13.8 Å². The highest BCUT2D eigenvalue weighted by Crippen LogP contribution is 1.80. The Bertz CT molecular complexity index is 436. The Hall–Kier alpha value is -2.65. The van der Waals surface area contributed by atoms with E-state index in [0.717, 1.165) is 0 Å². The summed E-state index contributed by atoms with van der Waals surface area (Å²) in [4.78, 5) is 54.7. The number of hydrogen-bond acceptors (Lipinski definition) is 5. The Morgan fingerprint density at radius 1 is 0.857 bits per heavy atom. The summed E-state index contributed by atoms with van der Waals surface area (Å²) >= 11 is 0. The third-order valence-electron chi connectivity index (χ3n) is 2.14. The zero-order chi connectivity index (χ0) is 16.4. The van der Waals surface area contributed by atoms with E-state index < -0.39 is 36.3 Å². The highest BCUT2D eigenvalue weighted by atomic mass is 16.4. The average molecular weight is 302 g/mol. The maximum atomic E-state index is 11.3. The van der Waals surface area contributed by atoms with E-state index in [1.54, 1.807) is 0 Å². The van der Waals surface area contributed by atoms with Gasteiger partial charge >= 0.3 is 5.97 Å². The molecular formula is C11H18N4O6. The SMILES string of the molecule is CC(=O)NCC(=O)NCC(=O)NCC(=O)NC(C)C(=O)O. The fraction of sp³-hybridized carbons (Fsp3) is 0.545. The second-order valence-electron chi connectivity index (χ2n) is 4.09. The van der Waals surface area contributed by atoms with Gasteiger partial charge in [-0.1, -0.05) is 0 Å². The fourth-order valence-corrected chi connectivity index (χ4v) is 1.04. The normalized spacial score (nSPS) is 11.0. The van der Waals surface area contributed by atoms with Gasteiger partial charge < -0.3 is 26.4 Å². The first kappa shape index (κ1) is 18.4. The van der Waals surface area contributed by atoms with E-state index in [0.29, 0.717) is 0 Å². The maximum absolute atomic E-state index is 11.3. The van der Waals surface area contributed by atoms with Crippen LogP contribution in [0.4, 0.5) is 0 Å². The van der Waals surface area contributed by atoms with Crippen LogP contribution in [0.2, 0.25) is 0 Å². The highest BCUT2D eigenvalue weighted by Gasteiger charge is 2.14. The molecule has 0 aromatic carbocycles. The van der Waals surface area contributed by atoms with Crippen LogP contribution in [0.25, 0.3) is 0 Å². The van der Waals surface area contributed by atoms with Crippen LogP contribution in [0.5, 0.6) is 0 Å². The molecule has 0 aromatic heterocycles. The molecule has 4 amide bonds. The Morgan fingerprint density at radius 3 is 1.71 bits per heavy atom. The standard InChI is InChI=1S/C11H18N4O6/c1-6(11(20)21)15-10(19)5-14-9(18)4-13-8(17)3-12-7(2)16/h6H,3-5H2,1-2H3,(H,12,16)(H,13,17)(H,14,18)(H,15,19)(H,20,21). The molecule has 0 aliphatic rings. The van der Waals surface area contributed by atoms with Crippen LogP contribution in [0.1, 0.15) is 13.8 Å². The van der Waals surface area contributed by atoms with Crippen molar-refractivity contribution in [1.29, 1.82) is 0 Å². The van der Waals surface area contributed by atoms with Gasteiger partial charge in [-0.25, -0.2) is 0 Å². The molecular weight excluding hydrogens is 284 g/mol. The highest BCUT2D eigenvalue weighted by molar-refractivity contribution is 5.90. The van der Waals surface area contributed by atoms with Crippen LogP contribution >= 0.6 is 0 Å². The van der Waals surface area contributed by atoms with Crippen molar-refractivity contribution in [2.45, 2.75) is 19.9 Å². The van der Waals surface area contributed by atoms with Gasteiger partial charge in [-0.2, -0.15) is 0 Å². The van der Waals surface area contributed by atoms with E-state index in [9.17, 15) is 24.0 Å². The molecule has 0 rings (SSSR count). The van der Waals surface area contributed by atoms with Crippen molar-refractivity contribution in [2.24, 2.45) is 0 Å². The number of carbonyl (C=O) groups is 5. The zero-order valence-electron chi connectivity index (χ0n) is 11.7. The summed E-state index contributed by atoms with van der Waals surface area (Å²) in [6.07, 6.45) is 0. The van der Waals surface area contributed by atoms with Crippen molar-refractivity contribution in [3.63, 3.8) is 0 Å². The number of carboxylic acid groups (broad SMARTS) is 1. The Balaban J connectivity index is 3.85. The molecule has 0 aliphatic carbocycles. The van der Waals surface area contributed by atoms with Crippen LogP contribution in [0.15, 0.2) is 0 Å². The summed E-state index contributed by atoms with van der Waals surface area (Å²) in [5.74, 6) is -3.41. The molecule has 118 valence electrons. The molecule has 10 heteroatoms. The summed E-state index contributed by atoms with van der Waals surface area (Å²) in [5.41, 5.74) is 0. The number of aliphatic carboxylic acids is 1. The van der Waals surface area contributed by atoms with Gasteiger partial charge in [-0.15, -0.1) is 0 Å². The Labute approximate surface area is 120 Å². The van der Waals surface area contributed by atoms with Gasteiger partial charge in [-0.05, 0) is 6.92 Å². The second kappa shape index (κ2) is 9.28. The summed E-state index contributed by atoms with van der Waals surface area (Å²) in [7, 11) is 0. The number of carbonyl (C=O) groups excluding carboxylic acids is 4. The molecule has 0 aliphatic heterocycles. The van der Waals surface area contributed by atoms with Gasteiger partial charge in [-0.3, -0.25) is 24.0 Å². The van der Waals surface area contributed by atoms with Gasteiger partial charge in [0.25, 0.3) is 0 Å². The molecule has 0 aromatic rings. The molecule has 1 atom stereocenters. The molecule has 5 N–H and O–H groups in total. The quantitative estimate of drug-likeness (QED) is 0.321. The van der Waals surface area contributed by atoms with Crippen molar-refractivity contribution in [1.82, 2.24) is 21.3 Å². The number of hydrogen-bond donors (Lipinski definition) is 5. The van der Waals surface area contributed by atoms with Gasteiger partial charge in [0.15, 0.2) is 0 Å². The Morgan fingerprint density at radius 2 is 1.29 bits per heavy atom. The molecule has 0 bridgehead atoms. The van der Waals surface area contributed by atoms with E-state index in [2.05, 4.69) is 21.3 Å². The lowest BCUT2D eigenvalue weighted by Gasteiger charge is -2.10. The predicted molar refractivity (Wildman–Crippen MR) is 69.9 cm³/mol. The van der Waals surface area contributed by atoms with Crippen LogP contribution in [-0.2, 0) is 24.0 Å². The van der Waals surface area contributed by atoms with E-state index in [-0.39, 0.29) is 19.0 Å². The average Bonchev–Trinajstić information content (AvgIpc) is 2.40. The smallest absolute Gasteiger partial charge is 0.325 e. The predicted octanol–water partition coefficient (Wildman–Crippen LogP) is -3.06. The van der Waals surface area contributed by atoms with Crippen molar-refractivity contribution < 1.29 is 29.1 Å². The van der Waals surface area contributed by atoms with Crippen molar-refractivity contribution >= 4 is 29.6 Å². The van der Waals surface area contributed by atoms with E-state index in [1.807, 2.05) is 0 Å². The lowest BCUT2D eigenvalue weighted by Crippen LogP contribution is -2.46. The first-order valence-corrected chi connectivity index (χ1v) is 6.02. The third-order valence-corrected chi connectivity index (χ3v) is 2.14. The number of nitrogens with one attached hydrogen (secondary N) is 4. The molecule has 0 spiro atoms. The Kier molecular flexibility index (Phi) is 8.11. The van der Waals surface area contributed by atoms with Gasteiger partial charge in [0.05, 0.1) is 19.6 Å². The number of amides is 4. The lowest BCUT2D eigenvalue weighted by molar-refractivity contribution is -0.141. The van der Waals surface area contributed by atoms with Gasteiger partial charge in [0.2, 0.25) is 23.6 Å². The molecule has 10 nitrogen and oxygen atoms in total. The van der Waals surface area contributed by atoms with Gasteiger partial charge in [0, 0.05) is 6.92 Å². The minimum Gasteiger partial charge on any atom is -0.480 e. The summed E-state index contributed by atoms with van der Waals surface area (Å²) in [6, 6.07) is -1.06. The number of carboxylic acids is 1. The summed E-state index contributed by atoms with van der Waals surface area (Å²) in [5, 5.41) is 17.4. The van der Waals surface area contributed by atoms with E-state index >= 15 is 0 Å². The summed E-state index contributed by atoms with van der Waals surface area (Å²) in [6.45, 7) is 1.51. The van der Waals surface area contributed by atoms with Crippen molar-refractivity contribution in [2.75, 3.05) is 19.6 Å². The van der Waals surface area contributed by atoms with Gasteiger partial charge in [0.1, 0.15) is 6.04 Å². The van der Waals surface area contributed by atoms with Crippen LogP contribution in [0.3, 0.4) is 0 Å². The van der Waals surface area contributed by atoms with Crippen LogP contribution < -0.4 is 21.3 Å². The number of rotatable bonds is 8. The zero-order valence-corrected chi connectivity index (χ0v) is 11.7. The fourth-order valence-electron chi connectivity index (χ4n) is 1.04. The first-order chi connectivity index (χ1) is 9.72. The molecule has 0 heterocycles. The minimum absolute atomic E-state index is 0.251. The summed E-state index contributed by atoms with van der Waals surface area (Å²) < 4.78 is 0. The topological polar surface area (TPSA) is 154 Å². The van der Waals surface area contributed by atoms with E-state index in [4.69, 9.17) is 5.11 Å². The maximum Gasteiger partial charge on any atom is 0.325 e. The van der Waals surface area contributed by atoms with Crippen LogP contribution in [-0.4, -0.2) is 60.4 Å². The third kappa shape index (κ3) is 9.87. The second-order valence-corrected chi connectivity index (χ2v) is 4.09. The monoisotopic (exact) mass is 302 g/mol. The molecule has 1 unspecified atom stereocenters. The first-order valence-electron chi connectivity index (χ1n) is 6.02. The largest absolute Gasteiger partial charge is 0.480 e.